The zero-order chi connectivity index (χ0) is 15.7. The SMILES string of the molecule is OCC(CO)OCn1c(Cl)nc2c(Cl)c(Cl)c(Cl)c(Cl)c21. The summed E-state index contributed by atoms with van der Waals surface area (Å²) in [7, 11) is 0. The largest absolute Gasteiger partial charge is 0.394 e. The highest BCUT2D eigenvalue weighted by Crippen LogP contribution is 2.43. The van der Waals surface area contributed by atoms with Gasteiger partial charge in [-0.1, -0.05) is 46.4 Å². The number of nitrogens with zero attached hydrogens (tertiary/aromatic N) is 2. The number of aliphatic hydroxyl groups excluding tert-OH is 2. The molecule has 0 fully saturated rings. The molecule has 0 aliphatic carbocycles. The van der Waals surface area contributed by atoms with Crippen LogP contribution in [0.2, 0.25) is 25.4 Å². The molecule has 2 rings (SSSR count). The van der Waals surface area contributed by atoms with Crippen LogP contribution < -0.4 is 0 Å². The summed E-state index contributed by atoms with van der Waals surface area (Å²) < 4.78 is 6.71. The van der Waals surface area contributed by atoms with Crippen molar-refractivity contribution in [1.29, 1.82) is 0 Å². The maximum atomic E-state index is 8.99. The van der Waals surface area contributed by atoms with Crippen molar-refractivity contribution in [2.45, 2.75) is 12.8 Å². The van der Waals surface area contributed by atoms with Crippen molar-refractivity contribution >= 4 is 69.0 Å². The molecule has 0 unspecified atom stereocenters. The molecule has 0 saturated heterocycles. The standard InChI is InChI=1S/C11H9Cl5N2O3/c12-5-6(13)8(15)10-9(7(5)14)17-11(16)18(10)3-21-4(1-19)2-20/h4,19-20H,1-3H2. The van der Waals surface area contributed by atoms with Crippen molar-refractivity contribution in [3.05, 3.63) is 25.4 Å². The topological polar surface area (TPSA) is 67.5 Å². The monoisotopic (exact) mass is 392 g/mol. The van der Waals surface area contributed by atoms with Gasteiger partial charge in [-0.3, -0.25) is 4.57 Å². The third-order valence-electron chi connectivity index (χ3n) is 2.76. The van der Waals surface area contributed by atoms with E-state index in [4.69, 9.17) is 73.0 Å². The lowest BCUT2D eigenvalue weighted by atomic mass is 10.3. The van der Waals surface area contributed by atoms with E-state index in [0.29, 0.717) is 5.52 Å². The smallest absolute Gasteiger partial charge is 0.205 e. The Morgan fingerprint density at radius 1 is 0.952 bits per heavy atom. The molecule has 0 bridgehead atoms. The van der Waals surface area contributed by atoms with E-state index in [1.54, 1.807) is 0 Å². The molecule has 0 spiro atoms. The number of hydrogen-bond donors (Lipinski definition) is 2. The molecule has 0 radical (unpaired) electrons. The molecule has 0 amide bonds. The molecule has 0 atom stereocenters. The van der Waals surface area contributed by atoms with Crippen LogP contribution in [-0.2, 0) is 11.5 Å². The Balaban J connectivity index is 2.52. The minimum absolute atomic E-state index is 0.0572. The summed E-state index contributed by atoms with van der Waals surface area (Å²) in [5.74, 6) is 0. The molecular formula is C11H9Cl5N2O3. The first-order valence-corrected chi connectivity index (χ1v) is 7.52. The zero-order valence-corrected chi connectivity index (χ0v) is 14.1. The highest BCUT2D eigenvalue weighted by atomic mass is 35.5. The molecule has 116 valence electrons. The second-order valence-corrected chi connectivity index (χ2v) is 5.89. The van der Waals surface area contributed by atoms with Gasteiger partial charge in [0.25, 0.3) is 0 Å². The fourth-order valence-corrected chi connectivity index (χ4v) is 2.86. The molecular weight excluding hydrogens is 385 g/mol. The Morgan fingerprint density at radius 2 is 1.52 bits per heavy atom. The van der Waals surface area contributed by atoms with E-state index in [1.165, 1.54) is 4.57 Å². The summed E-state index contributed by atoms with van der Waals surface area (Å²) in [4.78, 5) is 4.07. The Bertz CT molecular complexity index is 672. The van der Waals surface area contributed by atoms with Crippen molar-refractivity contribution in [2.24, 2.45) is 0 Å². The zero-order valence-electron chi connectivity index (χ0n) is 10.3. The molecule has 0 aliphatic heterocycles. The van der Waals surface area contributed by atoms with E-state index in [9.17, 15) is 0 Å². The second kappa shape index (κ2) is 7.06. The molecule has 1 aromatic heterocycles. The molecule has 21 heavy (non-hydrogen) atoms. The number of aromatic nitrogens is 2. The van der Waals surface area contributed by atoms with Gasteiger partial charge in [0.1, 0.15) is 18.4 Å². The van der Waals surface area contributed by atoms with Crippen molar-refractivity contribution in [3.8, 4) is 0 Å². The maximum Gasteiger partial charge on any atom is 0.205 e. The van der Waals surface area contributed by atoms with E-state index in [1.807, 2.05) is 0 Å². The van der Waals surface area contributed by atoms with Crippen molar-refractivity contribution < 1.29 is 14.9 Å². The molecule has 1 aromatic carbocycles. The summed E-state index contributed by atoms with van der Waals surface area (Å²) in [5.41, 5.74) is 0.643. The number of ether oxygens (including phenoxy) is 1. The molecule has 2 N–H and O–H groups in total. The van der Waals surface area contributed by atoms with Gasteiger partial charge < -0.3 is 14.9 Å². The van der Waals surface area contributed by atoms with Crippen LogP contribution in [0.25, 0.3) is 11.0 Å². The van der Waals surface area contributed by atoms with Gasteiger partial charge in [-0.05, 0) is 11.6 Å². The van der Waals surface area contributed by atoms with Crippen LogP contribution in [0.3, 0.4) is 0 Å². The predicted octanol–water partition coefficient (Wildman–Crippen LogP) is 3.63. The fraction of sp³-hybridized carbons (Fsp3) is 0.364. The lowest BCUT2D eigenvalue weighted by molar-refractivity contribution is -0.0486. The quantitative estimate of drug-likeness (QED) is 0.600. The second-order valence-electron chi connectivity index (χ2n) is 4.04. The summed E-state index contributed by atoms with van der Waals surface area (Å²) in [6.45, 7) is -0.793. The Hall–Kier alpha value is 0.0200. The first kappa shape index (κ1) is 17.4. The molecule has 10 heteroatoms. The van der Waals surface area contributed by atoms with Gasteiger partial charge in [0.05, 0.1) is 38.8 Å². The van der Waals surface area contributed by atoms with Gasteiger partial charge >= 0.3 is 0 Å². The highest BCUT2D eigenvalue weighted by Gasteiger charge is 2.22. The Kier molecular flexibility index (Phi) is 5.84. The number of benzene rings is 1. The van der Waals surface area contributed by atoms with Crippen LogP contribution in [0.5, 0.6) is 0 Å². The molecule has 0 saturated carbocycles. The summed E-state index contributed by atoms with van der Waals surface area (Å²) in [5, 5.41) is 18.5. The van der Waals surface area contributed by atoms with E-state index < -0.39 is 6.10 Å². The number of imidazole rings is 1. The van der Waals surface area contributed by atoms with Crippen LogP contribution in [0.4, 0.5) is 0 Å². The third-order valence-corrected chi connectivity index (χ3v) is 4.83. The van der Waals surface area contributed by atoms with Gasteiger partial charge in [-0.15, -0.1) is 0 Å². The lowest BCUT2D eigenvalue weighted by Crippen LogP contribution is -2.23. The highest BCUT2D eigenvalue weighted by molar-refractivity contribution is 6.55. The predicted molar refractivity (Wildman–Crippen MR) is 83.8 cm³/mol. The number of halogens is 5. The third kappa shape index (κ3) is 3.21. The minimum atomic E-state index is -0.754. The lowest BCUT2D eigenvalue weighted by Gasteiger charge is -2.14. The van der Waals surface area contributed by atoms with Crippen LogP contribution in [0.15, 0.2) is 0 Å². The van der Waals surface area contributed by atoms with E-state index in [2.05, 4.69) is 4.98 Å². The Labute approximate surface area is 144 Å². The molecule has 5 nitrogen and oxygen atoms in total. The van der Waals surface area contributed by atoms with Gasteiger partial charge in [0, 0.05) is 0 Å². The van der Waals surface area contributed by atoms with Gasteiger partial charge in [-0.2, -0.15) is 0 Å². The van der Waals surface area contributed by atoms with E-state index in [-0.39, 0.29) is 50.8 Å². The first-order valence-electron chi connectivity index (χ1n) is 5.63. The minimum Gasteiger partial charge on any atom is -0.394 e. The molecule has 2 aromatic rings. The average Bonchev–Trinajstić information content (AvgIpc) is 2.81. The number of aliphatic hydroxyl groups is 2. The van der Waals surface area contributed by atoms with E-state index in [0.717, 1.165) is 0 Å². The van der Waals surface area contributed by atoms with Gasteiger partial charge in [0.15, 0.2) is 0 Å². The average molecular weight is 394 g/mol. The van der Waals surface area contributed by atoms with Gasteiger partial charge in [-0.25, -0.2) is 4.98 Å². The molecule has 0 aliphatic rings. The van der Waals surface area contributed by atoms with Crippen LogP contribution in [0.1, 0.15) is 0 Å². The van der Waals surface area contributed by atoms with Crippen molar-refractivity contribution in [1.82, 2.24) is 9.55 Å². The Morgan fingerprint density at radius 3 is 2.10 bits per heavy atom. The fourth-order valence-electron chi connectivity index (χ4n) is 1.66. The maximum absolute atomic E-state index is 8.99. The summed E-state index contributed by atoms with van der Waals surface area (Å²) >= 11 is 30.2. The number of hydrogen-bond acceptors (Lipinski definition) is 4. The summed E-state index contributed by atoms with van der Waals surface area (Å²) in [6, 6.07) is 0. The molecule has 1 heterocycles. The number of fused-ring (bicyclic) bond motifs is 1. The van der Waals surface area contributed by atoms with Crippen molar-refractivity contribution in [2.75, 3.05) is 13.2 Å². The summed E-state index contributed by atoms with van der Waals surface area (Å²) in [6.07, 6.45) is -0.754. The first-order chi connectivity index (χ1) is 9.92. The normalized spacial score (nSPS) is 11.8. The van der Waals surface area contributed by atoms with Crippen LogP contribution in [-0.4, -0.2) is 39.1 Å². The van der Waals surface area contributed by atoms with E-state index >= 15 is 0 Å². The van der Waals surface area contributed by atoms with Crippen LogP contribution in [0, 0.1) is 0 Å². The van der Waals surface area contributed by atoms with Gasteiger partial charge in [0.2, 0.25) is 5.28 Å². The van der Waals surface area contributed by atoms with Crippen molar-refractivity contribution in [3.63, 3.8) is 0 Å². The number of rotatable bonds is 5. The van der Waals surface area contributed by atoms with Crippen LogP contribution >= 0.6 is 58.0 Å².